The molecule has 0 radical (unpaired) electrons. The predicted molar refractivity (Wildman–Crippen MR) is 38.3 cm³/mol. The van der Waals surface area contributed by atoms with E-state index in [1.807, 2.05) is 0 Å². The molecule has 2 atom stereocenters. The molecule has 5 heteroatoms. The molecule has 1 fully saturated rings. The van der Waals surface area contributed by atoms with Gasteiger partial charge >= 0.3 is 0 Å². The minimum Gasteiger partial charge on any atom is -0.368 e. The van der Waals surface area contributed by atoms with Crippen molar-refractivity contribution in [1.29, 1.82) is 0 Å². The molecule has 0 bridgehead atoms. The summed E-state index contributed by atoms with van der Waals surface area (Å²) < 4.78 is 0. The number of hydrogen-bond acceptors (Lipinski definition) is 3. The normalized spacial score (nSPS) is 31.2. The van der Waals surface area contributed by atoms with Crippen molar-refractivity contribution in [3.05, 3.63) is 0 Å². The Hall–Kier alpha value is -1.10. The van der Waals surface area contributed by atoms with E-state index in [1.165, 1.54) is 0 Å². The summed E-state index contributed by atoms with van der Waals surface area (Å²) in [5, 5.41) is 2.43. The van der Waals surface area contributed by atoms with E-state index in [0.717, 1.165) is 0 Å². The minimum atomic E-state index is -0.526. The van der Waals surface area contributed by atoms with E-state index >= 15 is 0 Å². The van der Waals surface area contributed by atoms with Gasteiger partial charge in [-0.05, 0) is 12.8 Å². The van der Waals surface area contributed by atoms with Gasteiger partial charge in [0.05, 0.1) is 6.04 Å². The molecule has 5 N–H and O–H groups in total. The summed E-state index contributed by atoms with van der Waals surface area (Å²) >= 11 is 0. The van der Waals surface area contributed by atoms with Crippen LogP contribution in [0.15, 0.2) is 0 Å². The van der Waals surface area contributed by atoms with E-state index in [2.05, 4.69) is 5.32 Å². The van der Waals surface area contributed by atoms with Crippen LogP contribution in [-0.2, 0) is 9.59 Å². The van der Waals surface area contributed by atoms with Gasteiger partial charge < -0.3 is 16.8 Å². The van der Waals surface area contributed by atoms with E-state index in [-0.39, 0.29) is 5.91 Å². The smallest absolute Gasteiger partial charge is 0.240 e. The van der Waals surface area contributed by atoms with Crippen LogP contribution in [0.2, 0.25) is 0 Å². The second-order valence-corrected chi connectivity index (χ2v) is 2.65. The molecule has 62 valence electrons. The van der Waals surface area contributed by atoms with Crippen molar-refractivity contribution in [2.45, 2.75) is 24.9 Å². The number of carbonyl (C=O) groups is 2. The van der Waals surface area contributed by atoms with Gasteiger partial charge in [-0.2, -0.15) is 0 Å². The Morgan fingerprint density at radius 1 is 1.55 bits per heavy atom. The van der Waals surface area contributed by atoms with Crippen LogP contribution >= 0.6 is 0 Å². The lowest BCUT2D eigenvalue weighted by atomic mass is 10.0. The Morgan fingerprint density at radius 3 is 2.64 bits per heavy atom. The molecule has 0 aromatic carbocycles. The molecule has 5 nitrogen and oxygen atoms in total. The number of amides is 2. The highest BCUT2D eigenvalue weighted by Gasteiger charge is 2.27. The first-order chi connectivity index (χ1) is 5.11. The molecule has 11 heavy (non-hydrogen) atoms. The van der Waals surface area contributed by atoms with Crippen molar-refractivity contribution in [3.8, 4) is 0 Å². The highest BCUT2D eigenvalue weighted by molar-refractivity contribution is 5.90. The monoisotopic (exact) mass is 157 g/mol. The van der Waals surface area contributed by atoms with Crippen LogP contribution in [0.3, 0.4) is 0 Å². The zero-order chi connectivity index (χ0) is 8.43. The Bertz CT molecular complexity index is 192. The number of primary amides is 1. The third-order valence-electron chi connectivity index (χ3n) is 1.76. The molecular weight excluding hydrogens is 146 g/mol. The fraction of sp³-hybridized carbons (Fsp3) is 0.667. The Kier molecular flexibility index (Phi) is 2.09. The largest absolute Gasteiger partial charge is 0.368 e. The van der Waals surface area contributed by atoms with Crippen molar-refractivity contribution in [1.82, 2.24) is 5.32 Å². The van der Waals surface area contributed by atoms with Crippen LogP contribution < -0.4 is 16.8 Å². The molecule has 1 saturated heterocycles. The molecule has 0 aromatic rings. The van der Waals surface area contributed by atoms with Crippen LogP contribution in [0.4, 0.5) is 0 Å². The van der Waals surface area contributed by atoms with E-state index < -0.39 is 18.0 Å². The fourth-order valence-electron chi connectivity index (χ4n) is 1.04. The Balaban J connectivity index is 2.53. The first-order valence-corrected chi connectivity index (χ1v) is 3.46. The quantitative estimate of drug-likeness (QED) is 0.413. The van der Waals surface area contributed by atoms with Gasteiger partial charge in [-0.15, -0.1) is 0 Å². The molecule has 1 heterocycles. The lowest BCUT2D eigenvalue weighted by molar-refractivity contribution is -0.130. The van der Waals surface area contributed by atoms with E-state index in [0.29, 0.717) is 12.8 Å². The summed E-state index contributed by atoms with van der Waals surface area (Å²) in [6, 6.07) is -1.01. The second-order valence-electron chi connectivity index (χ2n) is 2.65. The van der Waals surface area contributed by atoms with Gasteiger partial charge in [0.2, 0.25) is 11.8 Å². The summed E-state index contributed by atoms with van der Waals surface area (Å²) in [4.78, 5) is 21.4. The van der Waals surface area contributed by atoms with Crippen LogP contribution in [0, 0.1) is 0 Å². The maximum atomic E-state index is 10.9. The van der Waals surface area contributed by atoms with Crippen molar-refractivity contribution >= 4 is 11.8 Å². The topological polar surface area (TPSA) is 98.2 Å². The molecule has 1 rings (SSSR count). The summed E-state index contributed by atoms with van der Waals surface area (Å²) in [6.07, 6.45) is 1.07. The maximum Gasteiger partial charge on any atom is 0.240 e. The van der Waals surface area contributed by atoms with Crippen molar-refractivity contribution < 1.29 is 9.59 Å². The molecule has 0 spiro atoms. The highest BCUT2D eigenvalue weighted by Crippen LogP contribution is 2.06. The summed E-state index contributed by atoms with van der Waals surface area (Å²) in [7, 11) is 0. The molecule has 1 aliphatic rings. The first-order valence-electron chi connectivity index (χ1n) is 3.46. The Labute approximate surface area is 64.1 Å². The average molecular weight is 157 g/mol. The lowest BCUT2D eigenvalue weighted by Crippen LogP contribution is -2.54. The van der Waals surface area contributed by atoms with Gasteiger partial charge in [0, 0.05) is 0 Å². The van der Waals surface area contributed by atoms with Gasteiger partial charge in [0.1, 0.15) is 6.04 Å². The van der Waals surface area contributed by atoms with Crippen molar-refractivity contribution in [3.63, 3.8) is 0 Å². The molecule has 1 aliphatic heterocycles. The van der Waals surface area contributed by atoms with Gasteiger partial charge in [-0.3, -0.25) is 9.59 Å². The third kappa shape index (κ3) is 1.68. The van der Waals surface area contributed by atoms with Crippen molar-refractivity contribution in [2.24, 2.45) is 11.5 Å². The standard InChI is InChI=1S/C6H11N3O2/c7-3-1-2-4(5(8)10)9-6(3)11/h3-4H,1-2,7H2,(H2,8,10)(H,9,11). The maximum absolute atomic E-state index is 10.9. The van der Waals surface area contributed by atoms with E-state index in [9.17, 15) is 9.59 Å². The van der Waals surface area contributed by atoms with E-state index in [4.69, 9.17) is 11.5 Å². The molecule has 0 aliphatic carbocycles. The van der Waals surface area contributed by atoms with Crippen LogP contribution in [0.25, 0.3) is 0 Å². The fourth-order valence-corrected chi connectivity index (χ4v) is 1.04. The zero-order valence-corrected chi connectivity index (χ0v) is 6.04. The summed E-state index contributed by atoms with van der Waals surface area (Å²) in [6.45, 7) is 0. The number of nitrogens with one attached hydrogen (secondary N) is 1. The highest BCUT2D eigenvalue weighted by atomic mass is 16.2. The molecule has 0 aromatic heterocycles. The molecule has 0 saturated carbocycles. The Morgan fingerprint density at radius 2 is 2.18 bits per heavy atom. The van der Waals surface area contributed by atoms with Crippen LogP contribution in [0.5, 0.6) is 0 Å². The van der Waals surface area contributed by atoms with Crippen molar-refractivity contribution in [2.75, 3.05) is 0 Å². The SMILES string of the molecule is NC(=O)C1CCC(N)C(=O)N1. The zero-order valence-electron chi connectivity index (χ0n) is 6.04. The van der Waals surface area contributed by atoms with Gasteiger partial charge in [0.15, 0.2) is 0 Å². The van der Waals surface area contributed by atoms with Gasteiger partial charge in [-0.1, -0.05) is 0 Å². The summed E-state index contributed by atoms with van der Waals surface area (Å²) in [5.41, 5.74) is 10.4. The first kappa shape index (κ1) is 8.00. The van der Waals surface area contributed by atoms with Crippen LogP contribution in [0.1, 0.15) is 12.8 Å². The number of hydrogen-bond donors (Lipinski definition) is 3. The number of rotatable bonds is 1. The minimum absolute atomic E-state index is 0.292. The number of piperidine rings is 1. The lowest BCUT2D eigenvalue weighted by Gasteiger charge is -2.24. The predicted octanol–water partition coefficient (Wildman–Crippen LogP) is -1.92. The number of carbonyl (C=O) groups excluding carboxylic acids is 2. The summed E-state index contributed by atoms with van der Waals surface area (Å²) in [5.74, 6) is -0.787. The van der Waals surface area contributed by atoms with Gasteiger partial charge in [0.25, 0.3) is 0 Å². The van der Waals surface area contributed by atoms with Gasteiger partial charge in [-0.25, -0.2) is 0 Å². The third-order valence-corrected chi connectivity index (χ3v) is 1.76. The molecule has 2 amide bonds. The average Bonchev–Trinajstić information content (AvgIpc) is 1.94. The second kappa shape index (κ2) is 2.87. The number of nitrogens with two attached hydrogens (primary N) is 2. The molecular formula is C6H11N3O2. The van der Waals surface area contributed by atoms with E-state index in [1.54, 1.807) is 0 Å². The molecule has 2 unspecified atom stereocenters. The van der Waals surface area contributed by atoms with Crippen LogP contribution in [-0.4, -0.2) is 23.9 Å².